The summed E-state index contributed by atoms with van der Waals surface area (Å²) in [4.78, 5) is 21.8. The van der Waals surface area contributed by atoms with Crippen LogP contribution < -0.4 is 5.32 Å². The number of nitrogens with zero attached hydrogens (tertiary/aromatic N) is 3. The van der Waals surface area contributed by atoms with E-state index in [2.05, 4.69) is 15.3 Å². The predicted octanol–water partition coefficient (Wildman–Crippen LogP) is 0.361. The number of anilines is 1. The number of amides is 1. The predicted molar refractivity (Wildman–Crippen MR) is 64.8 cm³/mol. The first-order chi connectivity index (χ1) is 8.10. The number of aliphatic hydroxyl groups excluding tert-OH is 1. The van der Waals surface area contributed by atoms with Gasteiger partial charge >= 0.3 is 0 Å². The number of aromatic nitrogens is 2. The standard InChI is InChI=1S/C11H18N4O2/c1-8(2)15(4-5-16)11(17)9-6-13-7-10(12-3)14-9/h6-8,16H,4-5H2,1-3H3,(H,12,14). The molecule has 0 aromatic carbocycles. The third-order valence-corrected chi connectivity index (χ3v) is 2.33. The highest BCUT2D eigenvalue weighted by Crippen LogP contribution is 2.07. The van der Waals surface area contributed by atoms with Crippen LogP contribution in [0, 0.1) is 0 Å². The fourth-order valence-corrected chi connectivity index (χ4v) is 1.44. The molecule has 0 aliphatic heterocycles. The summed E-state index contributed by atoms with van der Waals surface area (Å²) in [5, 5.41) is 11.8. The van der Waals surface area contributed by atoms with E-state index in [1.54, 1.807) is 18.1 Å². The molecule has 0 bridgehead atoms. The molecular formula is C11H18N4O2. The Kier molecular flexibility index (Phi) is 4.84. The van der Waals surface area contributed by atoms with Gasteiger partial charge in [-0.3, -0.25) is 9.78 Å². The van der Waals surface area contributed by atoms with Gasteiger partial charge in [0, 0.05) is 19.6 Å². The molecule has 6 heteroatoms. The Morgan fingerprint density at radius 1 is 1.53 bits per heavy atom. The number of aliphatic hydroxyl groups is 1. The third-order valence-electron chi connectivity index (χ3n) is 2.33. The zero-order valence-corrected chi connectivity index (χ0v) is 10.3. The van der Waals surface area contributed by atoms with Gasteiger partial charge < -0.3 is 15.3 Å². The van der Waals surface area contributed by atoms with Gasteiger partial charge in [-0.15, -0.1) is 0 Å². The fraction of sp³-hybridized carbons (Fsp3) is 0.545. The molecule has 17 heavy (non-hydrogen) atoms. The van der Waals surface area contributed by atoms with Crippen molar-refractivity contribution in [3.63, 3.8) is 0 Å². The molecule has 0 atom stereocenters. The second-order valence-corrected chi connectivity index (χ2v) is 3.86. The lowest BCUT2D eigenvalue weighted by Crippen LogP contribution is -2.39. The number of hydrogen-bond donors (Lipinski definition) is 2. The van der Waals surface area contributed by atoms with Gasteiger partial charge in [-0.05, 0) is 13.8 Å². The van der Waals surface area contributed by atoms with Crippen molar-refractivity contribution in [2.75, 3.05) is 25.5 Å². The normalized spacial score (nSPS) is 10.4. The van der Waals surface area contributed by atoms with Gasteiger partial charge in [0.2, 0.25) is 0 Å². The van der Waals surface area contributed by atoms with Crippen molar-refractivity contribution in [1.29, 1.82) is 0 Å². The minimum absolute atomic E-state index is 0.00897. The lowest BCUT2D eigenvalue weighted by Gasteiger charge is -2.25. The van der Waals surface area contributed by atoms with Crippen molar-refractivity contribution in [2.24, 2.45) is 0 Å². The Morgan fingerprint density at radius 2 is 2.24 bits per heavy atom. The largest absolute Gasteiger partial charge is 0.395 e. The lowest BCUT2D eigenvalue weighted by molar-refractivity contribution is 0.0659. The van der Waals surface area contributed by atoms with Crippen molar-refractivity contribution in [3.8, 4) is 0 Å². The summed E-state index contributed by atoms with van der Waals surface area (Å²) in [6.45, 7) is 4.01. The first-order valence-corrected chi connectivity index (χ1v) is 5.51. The van der Waals surface area contributed by atoms with Crippen LogP contribution in [0.15, 0.2) is 12.4 Å². The molecule has 2 N–H and O–H groups in total. The Bertz CT molecular complexity index is 381. The average Bonchev–Trinajstić information content (AvgIpc) is 2.34. The quantitative estimate of drug-likeness (QED) is 0.774. The molecule has 6 nitrogen and oxygen atoms in total. The second-order valence-electron chi connectivity index (χ2n) is 3.86. The second kappa shape index (κ2) is 6.15. The Labute approximate surface area is 101 Å². The molecule has 94 valence electrons. The van der Waals surface area contributed by atoms with Gasteiger partial charge in [0.25, 0.3) is 5.91 Å². The summed E-state index contributed by atoms with van der Waals surface area (Å²) in [6.07, 6.45) is 2.97. The summed E-state index contributed by atoms with van der Waals surface area (Å²) in [5.74, 6) is 0.321. The Morgan fingerprint density at radius 3 is 2.76 bits per heavy atom. The summed E-state index contributed by atoms with van der Waals surface area (Å²) in [7, 11) is 1.71. The molecule has 0 spiro atoms. The third kappa shape index (κ3) is 3.39. The Balaban J connectivity index is 2.92. The molecular weight excluding hydrogens is 220 g/mol. The monoisotopic (exact) mass is 238 g/mol. The van der Waals surface area contributed by atoms with Crippen molar-refractivity contribution >= 4 is 11.7 Å². The number of carbonyl (C=O) groups is 1. The molecule has 0 aliphatic rings. The SMILES string of the molecule is CNc1cncc(C(=O)N(CCO)C(C)C)n1. The van der Waals surface area contributed by atoms with Crippen LogP contribution in [0.4, 0.5) is 5.82 Å². The van der Waals surface area contributed by atoms with Crippen LogP contribution in [-0.2, 0) is 0 Å². The van der Waals surface area contributed by atoms with Gasteiger partial charge in [0.1, 0.15) is 11.5 Å². The van der Waals surface area contributed by atoms with E-state index in [0.717, 1.165) is 0 Å². The molecule has 1 aromatic rings. The zero-order valence-electron chi connectivity index (χ0n) is 10.3. The van der Waals surface area contributed by atoms with Crippen molar-refractivity contribution < 1.29 is 9.90 Å². The van der Waals surface area contributed by atoms with E-state index < -0.39 is 0 Å². The van der Waals surface area contributed by atoms with Crippen LogP contribution in [0.25, 0.3) is 0 Å². The van der Waals surface area contributed by atoms with Crippen LogP contribution in [0.2, 0.25) is 0 Å². The van der Waals surface area contributed by atoms with Crippen LogP contribution in [-0.4, -0.2) is 52.1 Å². The maximum Gasteiger partial charge on any atom is 0.274 e. The molecule has 0 fully saturated rings. The van der Waals surface area contributed by atoms with Gasteiger partial charge in [0.15, 0.2) is 0 Å². The van der Waals surface area contributed by atoms with E-state index in [1.807, 2.05) is 13.8 Å². The van der Waals surface area contributed by atoms with Crippen LogP contribution >= 0.6 is 0 Å². The number of rotatable bonds is 5. The zero-order chi connectivity index (χ0) is 12.8. The molecule has 0 saturated heterocycles. The first-order valence-electron chi connectivity index (χ1n) is 5.51. The molecule has 0 saturated carbocycles. The van der Waals surface area contributed by atoms with Crippen LogP contribution in [0.5, 0.6) is 0 Å². The number of carbonyl (C=O) groups excluding carboxylic acids is 1. The molecule has 1 amide bonds. The molecule has 1 rings (SSSR count). The smallest absolute Gasteiger partial charge is 0.274 e. The summed E-state index contributed by atoms with van der Waals surface area (Å²) < 4.78 is 0. The summed E-state index contributed by atoms with van der Waals surface area (Å²) in [5.41, 5.74) is 0.277. The summed E-state index contributed by atoms with van der Waals surface area (Å²) in [6, 6.07) is 0.00897. The van der Waals surface area contributed by atoms with Gasteiger partial charge in [0.05, 0.1) is 19.0 Å². The summed E-state index contributed by atoms with van der Waals surface area (Å²) >= 11 is 0. The van der Waals surface area contributed by atoms with E-state index >= 15 is 0 Å². The van der Waals surface area contributed by atoms with E-state index in [0.29, 0.717) is 12.4 Å². The topological polar surface area (TPSA) is 78.4 Å². The van der Waals surface area contributed by atoms with E-state index in [-0.39, 0.29) is 24.2 Å². The van der Waals surface area contributed by atoms with Gasteiger partial charge in [-0.25, -0.2) is 4.98 Å². The maximum absolute atomic E-state index is 12.1. The lowest BCUT2D eigenvalue weighted by atomic mass is 10.2. The van der Waals surface area contributed by atoms with Crippen molar-refractivity contribution in [2.45, 2.75) is 19.9 Å². The number of nitrogens with one attached hydrogen (secondary N) is 1. The van der Waals surface area contributed by atoms with Gasteiger partial charge in [-0.1, -0.05) is 0 Å². The highest BCUT2D eigenvalue weighted by molar-refractivity contribution is 5.92. The highest BCUT2D eigenvalue weighted by Gasteiger charge is 2.19. The minimum atomic E-state index is -0.223. The minimum Gasteiger partial charge on any atom is -0.395 e. The van der Waals surface area contributed by atoms with E-state index in [9.17, 15) is 4.79 Å². The molecule has 0 radical (unpaired) electrons. The van der Waals surface area contributed by atoms with Crippen LogP contribution in [0.3, 0.4) is 0 Å². The van der Waals surface area contributed by atoms with Crippen molar-refractivity contribution in [1.82, 2.24) is 14.9 Å². The number of hydrogen-bond acceptors (Lipinski definition) is 5. The van der Waals surface area contributed by atoms with E-state index in [1.165, 1.54) is 6.20 Å². The van der Waals surface area contributed by atoms with E-state index in [4.69, 9.17) is 5.11 Å². The molecule has 0 aliphatic carbocycles. The van der Waals surface area contributed by atoms with Gasteiger partial charge in [-0.2, -0.15) is 0 Å². The average molecular weight is 238 g/mol. The molecule has 0 unspecified atom stereocenters. The fourth-order valence-electron chi connectivity index (χ4n) is 1.44. The molecule has 1 aromatic heterocycles. The Hall–Kier alpha value is -1.69. The highest BCUT2D eigenvalue weighted by atomic mass is 16.3. The maximum atomic E-state index is 12.1. The van der Waals surface area contributed by atoms with Crippen LogP contribution in [0.1, 0.15) is 24.3 Å². The first kappa shape index (κ1) is 13.4. The molecule has 1 heterocycles. The van der Waals surface area contributed by atoms with Crippen molar-refractivity contribution in [3.05, 3.63) is 18.1 Å².